The van der Waals surface area contributed by atoms with Crippen LogP contribution in [0.25, 0.3) is 99.5 Å². The Hall–Kier alpha value is -10.9. The second-order valence-corrected chi connectivity index (χ2v) is 35.1. The van der Waals surface area contributed by atoms with Gasteiger partial charge in [0.1, 0.15) is 0 Å². The van der Waals surface area contributed by atoms with E-state index in [0.29, 0.717) is 50.5 Å². The summed E-state index contributed by atoms with van der Waals surface area (Å²) in [6, 6.07) is 35.3. The summed E-state index contributed by atoms with van der Waals surface area (Å²) in [5.74, 6) is 0. The predicted molar refractivity (Wildman–Crippen MR) is 463 cm³/mol. The van der Waals surface area contributed by atoms with E-state index in [1.54, 1.807) is 6.07 Å². The van der Waals surface area contributed by atoms with Gasteiger partial charge in [0.15, 0.2) is 0 Å². The van der Waals surface area contributed by atoms with Crippen molar-refractivity contribution in [3.8, 4) is 55.9 Å². The number of benzene rings is 13. The van der Waals surface area contributed by atoms with Gasteiger partial charge < -0.3 is 18.9 Å². The van der Waals surface area contributed by atoms with Crippen molar-refractivity contribution in [2.75, 3.05) is 9.80 Å². The molecule has 0 unspecified atom stereocenters. The second kappa shape index (κ2) is 24.9. The minimum absolute atomic E-state index is 0.0198. The van der Waals surface area contributed by atoms with Crippen LogP contribution in [0.4, 0.5) is 34.1 Å². The summed E-state index contributed by atoms with van der Waals surface area (Å²) in [4.78, 5) is 3.97. The van der Waals surface area contributed by atoms with Gasteiger partial charge in [0.05, 0.1) is 62.2 Å². The van der Waals surface area contributed by atoms with Gasteiger partial charge in [-0.05, 0) is 189 Å². The fourth-order valence-corrected chi connectivity index (χ4v) is 15.6. The van der Waals surface area contributed by atoms with E-state index >= 15 is 0 Å². The van der Waals surface area contributed by atoms with Gasteiger partial charge in [0, 0.05) is 77.9 Å². The van der Waals surface area contributed by atoms with Crippen molar-refractivity contribution in [1.82, 2.24) is 9.13 Å². The Morgan fingerprint density at radius 3 is 0.869 bits per heavy atom. The van der Waals surface area contributed by atoms with Crippen LogP contribution in [-0.4, -0.2) is 15.8 Å². The van der Waals surface area contributed by atoms with Crippen LogP contribution in [0, 0.1) is 0 Å². The molecule has 17 rings (SSSR count). The highest BCUT2D eigenvalue weighted by atomic mass is 15.2. The molecule has 0 saturated heterocycles. The molecule has 0 atom stereocenters. The summed E-state index contributed by atoms with van der Waals surface area (Å²) in [6.45, 7) is 36.9. The van der Waals surface area contributed by atoms with Gasteiger partial charge >= 0.3 is 0 Å². The lowest BCUT2D eigenvalue weighted by atomic mass is 9.33. The summed E-state index contributed by atoms with van der Waals surface area (Å²) in [5.41, 5.74) is 9.05. The minimum atomic E-state index is -1.52. The molecule has 2 aliphatic heterocycles. The molecular weight excluding hydrogens is 1290 g/mol. The van der Waals surface area contributed by atoms with Gasteiger partial charge in [0.25, 0.3) is 6.71 Å². The Labute approximate surface area is 664 Å². The Morgan fingerprint density at radius 2 is 0.551 bits per heavy atom. The van der Waals surface area contributed by atoms with Crippen LogP contribution < -0.4 is 26.2 Å². The first kappa shape index (κ1) is 49.1. The van der Waals surface area contributed by atoms with Gasteiger partial charge in [-0.25, -0.2) is 0 Å². The SMILES string of the molecule is [2H]c1c(-n2c3c([2H])c([2H])c([2H])c([2H])c3c3c([2H])c([2H])c([2H])c([2H])c32)cc2c(c1[2H])B1c3c(cccc3N(c3c(-c4ccc(C(C)(C)C)cc4)cc(C(C)(C)C)cc3-c3ccc(C(C)(C)C)cc3)c3c([2H])c(-n4c5c([2H])c([2H])c([2H])c([2H])c5c5c([2H])c([2H])c([2H])c([2H])c54)c([2H])c([2H])c31)N2c1c(-c2ccc(C(C)(C)C)cc2)cc(C(C)(C)C)cc1-c1ccc(C(C)(C)C)cc1. The van der Waals surface area contributed by atoms with Crippen molar-refractivity contribution in [2.24, 2.45) is 0 Å². The van der Waals surface area contributed by atoms with Gasteiger partial charge in [-0.2, -0.15) is 0 Å². The van der Waals surface area contributed by atoms with Gasteiger partial charge in [0.2, 0.25) is 0 Å². The average Bonchev–Trinajstić information content (AvgIpc) is 0.830. The number of para-hydroxylation sites is 4. The molecule has 530 valence electrons. The number of fused-ring (bicyclic) bond motifs is 10. The molecule has 107 heavy (non-hydrogen) atoms. The smallest absolute Gasteiger partial charge is 0.252 e. The zero-order chi connectivity index (χ0) is 93.0. The highest BCUT2D eigenvalue weighted by molar-refractivity contribution is 7.00. The first-order chi connectivity index (χ1) is 59.6. The molecule has 0 aliphatic carbocycles. The average molecular weight is 1410 g/mol. The molecule has 0 N–H and O–H groups in total. The Morgan fingerprint density at radius 1 is 0.271 bits per heavy atom. The highest BCUT2D eigenvalue weighted by Gasteiger charge is 2.46. The molecule has 15 aromatic rings. The molecule has 0 bridgehead atoms. The maximum absolute atomic E-state index is 11.8. The molecule has 0 spiro atoms. The van der Waals surface area contributed by atoms with Gasteiger partial charge in [-0.1, -0.05) is 312 Å². The molecule has 13 aromatic carbocycles. The molecule has 4 nitrogen and oxygen atoms in total. The van der Waals surface area contributed by atoms with Crippen molar-refractivity contribution < 1.29 is 28.8 Å². The van der Waals surface area contributed by atoms with E-state index in [1.165, 1.54) is 4.57 Å². The molecule has 2 aliphatic rings. The zero-order valence-electron chi connectivity index (χ0n) is 85.2. The van der Waals surface area contributed by atoms with Crippen LogP contribution in [-0.2, 0) is 32.5 Å². The number of rotatable bonds is 8. The first-order valence-corrected chi connectivity index (χ1v) is 37.0. The largest absolute Gasteiger partial charge is 0.310 e. The third-order valence-corrected chi connectivity index (χ3v) is 21.7. The van der Waals surface area contributed by atoms with Crippen molar-refractivity contribution in [2.45, 2.75) is 157 Å². The Balaban J connectivity index is 1.15. The maximum atomic E-state index is 11.8. The van der Waals surface area contributed by atoms with E-state index in [2.05, 4.69) is 246 Å². The molecule has 2 aromatic heterocycles. The summed E-state index contributed by atoms with van der Waals surface area (Å²) in [6.07, 6.45) is 0. The van der Waals surface area contributed by atoms with E-state index < -0.39 is 161 Å². The van der Waals surface area contributed by atoms with Crippen molar-refractivity contribution in [3.05, 3.63) is 306 Å². The Bertz CT molecular complexity index is 7040. The third-order valence-electron chi connectivity index (χ3n) is 21.7. The zero-order valence-corrected chi connectivity index (χ0v) is 64.2. The van der Waals surface area contributed by atoms with E-state index in [1.807, 2.05) is 28.0 Å². The predicted octanol–water partition coefficient (Wildman–Crippen LogP) is 26.4. The molecule has 4 heterocycles. The van der Waals surface area contributed by atoms with Crippen molar-refractivity contribution in [1.29, 1.82) is 0 Å². The fraction of sp³-hybridized carbons (Fsp3) is 0.235. The number of anilines is 6. The topological polar surface area (TPSA) is 16.3 Å². The van der Waals surface area contributed by atoms with E-state index in [9.17, 15) is 23.3 Å². The first-order valence-electron chi connectivity index (χ1n) is 47.5. The van der Waals surface area contributed by atoms with Crippen LogP contribution in [0.3, 0.4) is 0 Å². The van der Waals surface area contributed by atoms with Crippen molar-refractivity contribution >= 4 is 101 Å². The standard InChI is InChI=1S/C102H99BN4/c1-97(2,3)68-46-38-64(39-47-68)80-58-72(101(13,14)15)59-81(65-40-48-69(49-41-65)98(4,5)6)95(80)106-90-36-27-37-91-94(90)103(84-56-54-74(62-92(84)106)104-86-32-23-19-28-76(86)77-29-20-24-33-87(77)104)85-57-55-75(105-88-34-25-21-30-78(88)79-31-22-26-35-89(79)105)63-93(85)107(91)96-82(66-42-50-70(51-43-66)99(7,8)9)60-73(102(16,17)18)61-83(96)67-44-52-71(53-45-67)100(10,11)12/h19-63H,1-18H3/i19D,20D,21D,22D,23D,24D,25D,26D,28D,29D,30D,31D,32D,33D,34D,35D,54D,55D,56D,57D,62D. The second-order valence-electron chi connectivity index (χ2n) is 35.1. The molecule has 0 amide bonds. The van der Waals surface area contributed by atoms with Gasteiger partial charge in [-0.3, -0.25) is 0 Å². The third kappa shape index (κ3) is 11.7. The number of hydrogen-bond donors (Lipinski definition) is 0. The van der Waals surface area contributed by atoms with Crippen LogP contribution in [0.5, 0.6) is 0 Å². The normalized spacial score (nSPS) is 16.2. The van der Waals surface area contributed by atoms with Crippen LogP contribution >= 0.6 is 0 Å². The quantitative estimate of drug-likeness (QED) is 0.141. The summed E-state index contributed by atoms with van der Waals surface area (Å²) in [7, 11) is 0. The Kier molecular flexibility index (Phi) is 11.4. The van der Waals surface area contributed by atoms with Crippen LogP contribution in [0.2, 0.25) is 0 Å². The van der Waals surface area contributed by atoms with E-state index in [4.69, 9.17) is 5.48 Å². The summed E-state index contributed by atoms with van der Waals surface area (Å²) >= 11 is 0. The molecule has 0 saturated carbocycles. The fourth-order valence-electron chi connectivity index (χ4n) is 15.6. The lowest BCUT2D eigenvalue weighted by Crippen LogP contribution is -2.61. The molecule has 0 radical (unpaired) electrons. The molecular formula is C102H99BN4. The maximum Gasteiger partial charge on any atom is 0.252 e. The number of hydrogen-bond acceptors (Lipinski definition) is 2. The minimum Gasteiger partial charge on any atom is -0.310 e. The summed E-state index contributed by atoms with van der Waals surface area (Å²) < 4.78 is 212. The summed E-state index contributed by atoms with van der Waals surface area (Å²) in [5, 5.41) is -1.20. The highest BCUT2D eigenvalue weighted by Crippen LogP contribution is 2.55. The van der Waals surface area contributed by atoms with Crippen molar-refractivity contribution in [3.63, 3.8) is 0 Å². The van der Waals surface area contributed by atoms with E-state index in [-0.39, 0.29) is 82.2 Å². The molecule has 0 fully saturated rings. The van der Waals surface area contributed by atoms with Gasteiger partial charge in [-0.15, -0.1) is 0 Å². The lowest BCUT2D eigenvalue weighted by molar-refractivity contribution is 0.589. The van der Waals surface area contributed by atoms with E-state index in [0.717, 1.165) is 60.2 Å². The van der Waals surface area contributed by atoms with Crippen LogP contribution in [0.1, 0.15) is 187 Å². The molecule has 5 heteroatoms. The lowest BCUT2D eigenvalue weighted by Gasteiger charge is -2.46. The monoisotopic (exact) mass is 1410 g/mol. The van der Waals surface area contributed by atoms with Crippen LogP contribution in [0.15, 0.2) is 272 Å². The number of nitrogens with zero attached hydrogens (tertiary/aromatic N) is 4. The number of aromatic nitrogens is 2.